The first-order valence-corrected chi connectivity index (χ1v) is 4.73. The van der Waals surface area contributed by atoms with Gasteiger partial charge in [-0.05, 0) is 31.2 Å². The quantitative estimate of drug-likeness (QED) is 0.451. The second-order valence-corrected chi connectivity index (χ2v) is 3.38. The minimum Gasteiger partial charge on any atom is -0.411 e. The summed E-state index contributed by atoms with van der Waals surface area (Å²) in [6.07, 6.45) is 3.35. The van der Waals surface area contributed by atoms with Crippen LogP contribution < -0.4 is 0 Å². The van der Waals surface area contributed by atoms with Crippen LogP contribution in [0.5, 0.6) is 0 Å². The molecule has 0 saturated carbocycles. The first-order chi connectivity index (χ1) is 7.31. The average Bonchev–Trinajstić information content (AvgIpc) is 2.68. The van der Waals surface area contributed by atoms with Gasteiger partial charge < -0.3 is 9.77 Å². The highest BCUT2D eigenvalue weighted by Gasteiger charge is 2.00. The maximum Gasteiger partial charge on any atom is 0.0901 e. The van der Waals surface area contributed by atoms with Crippen molar-refractivity contribution in [3.05, 3.63) is 53.9 Å². The molecule has 0 aliphatic carbocycles. The van der Waals surface area contributed by atoms with Crippen molar-refractivity contribution in [3.63, 3.8) is 0 Å². The van der Waals surface area contributed by atoms with E-state index in [0.717, 1.165) is 11.4 Å². The molecule has 1 aromatic carbocycles. The minimum atomic E-state index is 0.848. The van der Waals surface area contributed by atoms with Crippen molar-refractivity contribution in [3.8, 4) is 5.69 Å². The van der Waals surface area contributed by atoms with E-state index in [1.165, 1.54) is 11.8 Å². The molecule has 15 heavy (non-hydrogen) atoms. The summed E-state index contributed by atoms with van der Waals surface area (Å²) in [5.41, 5.74) is 3.13. The number of rotatable bonds is 2. The zero-order chi connectivity index (χ0) is 10.7. The molecule has 0 aliphatic heterocycles. The molecule has 1 heterocycles. The van der Waals surface area contributed by atoms with Gasteiger partial charge in [-0.3, -0.25) is 0 Å². The lowest BCUT2D eigenvalue weighted by atomic mass is 10.2. The summed E-state index contributed by atoms with van der Waals surface area (Å²) >= 11 is 0. The van der Waals surface area contributed by atoms with Crippen LogP contribution >= 0.6 is 0 Å². The number of hydrogen-bond acceptors (Lipinski definition) is 2. The van der Waals surface area contributed by atoms with Gasteiger partial charge in [0.2, 0.25) is 0 Å². The Labute approximate surface area is 88.3 Å². The molecule has 1 aromatic heterocycles. The number of nitrogens with zero attached hydrogens (tertiary/aromatic N) is 2. The molecule has 0 unspecified atom stereocenters. The highest BCUT2D eigenvalue weighted by atomic mass is 16.4. The van der Waals surface area contributed by atoms with Crippen molar-refractivity contribution in [1.82, 2.24) is 4.57 Å². The van der Waals surface area contributed by atoms with Crippen molar-refractivity contribution < 1.29 is 5.21 Å². The number of oxime groups is 1. The van der Waals surface area contributed by atoms with Gasteiger partial charge in [0.15, 0.2) is 0 Å². The van der Waals surface area contributed by atoms with Crippen molar-refractivity contribution in [2.45, 2.75) is 6.92 Å². The van der Waals surface area contributed by atoms with E-state index >= 15 is 0 Å². The maximum absolute atomic E-state index is 8.51. The molecule has 3 heteroatoms. The average molecular weight is 200 g/mol. The fourth-order valence-corrected chi connectivity index (χ4v) is 1.50. The Balaban J connectivity index is 2.44. The summed E-state index contributed by atoms with van der Waals surface area (Å²) in [4.78, 5) is 0. The van der Waals surface area contributed by atoms with Crippen LogP contribution in [0.1, 0.15) is 11.3 Å². The third-order valence-corrected chi connectivity index (χ3v) is 2.28. The van der Waals surface area contributed by atoms with Gasteiger partial charge in [-0.15, -0.1) is 0 Å². The van der Waals surface area contributed by atoms with Crippen LogP contribution in [0.3, 0.4) is 0 Å². The van der Waals surface area contributed by atoms with Crippen LogP contribution in [0.25, 0.3) is 5.69 Å². The zero-order valence-corrected chi connectivity index (χ0v) is 8.46. The molecule has 0 bridgehead atoms. The van der Waals surface area contributed by atoms with E-state index in [-0.39, 0.29) is 0 Å². The Bertz CT molecular complexity index is 469. The summed E-state index contributed by atoms with van der Waals surface area (Å²) in [6, 6.07) is 12.0. The maximum atomic E-state index is 8.51. The highest BCUT2D eigenvalue weighted by Crippen LogP contribution is 2.12. The Morgan fingerprint density at radius 3 is 2.60 bits per heavy atom. The van der Waals surface area contributed by atoms with Gasteiger partial charge in [-0.2, -0.15) is 0 Å². The molecule has 3 nitrogen and oxygen atoms in total. The van der Waals surface area contributed by atoms with Crippen LogP contribution in [-0.4, -0.2) is 16.0 Å². The van der Waals surface area contributed by atoms with E-state index in [1.54, 1.807) is 0 Å². The highest BCUT2D eigenvalue weighted by molar-refractivity contribution is 5.78. The molecule has 1 N–H and O–H groups in total. The van der Waals surface area contributed by atoms with Gasteiger partial charge in [0.25, 0.3) is 0 Å². The molecule has 0 aliphatic rings. The second-order valence-electron chi connectivity index (χ2n) is 3.38. The van der Waals surface area contributed by atoms with Crippen LogP contribution in [-0.2, 0) is 0 Å². The van der Waals surface area contributed by atoms with Crippen LogP contribution in [0, 0.1) is 6.92 Å². The fraction of sp³-hybridized carbons (Fsp3) is 0.0833. The van der Waals surface area contributed by atoms with E-state index in [4.69, 9.17) is 5.21 Å². The van der Waals surface area contributed by atoms with E-state index in [1.807, 2.05) is 35.0 Å². The topological polar surface area (TPSA) is 37.5 Å². The Morgan fingerprint density at radius 2 is 1.93 bits per heavy atom. The summed E-state index contributed by atoms with van der Waals surface area (Å²) in [6.45, 7) is 2.05. The Hall–Kier alpha value is -2.03. The molecule has 0 spiro atoms. The van der Waals surface area contributed by atoms with Crippen molar-refractivity contribution >= 4 is 6.21 Å². The standard InChI is InChI=1S/C12H12N2O/c1-10-4-6-11(7-5-10)14-8-2-3-12(14)9-13-15/h2-9,15H,1H3/b13-9+. The molecule has 0 amide bonds. The number of aryl methyl sites for hydroxylation is 1. The van der Waals surface area contributed by atoms with Crippen LogP contribution in [0.4, 0.5) is 0 Å². The van der Waals surface area contributed by atoms with Crippen molar-refractivity contribution in [1.29, 1.82) is 0 Å². The van der Waals surface area contributed by atoms with E-state index < -0.39 is 0 Å². The van der Waals surface area contributed by atoms with Gasteiger partial charge >= 0.3 is 0 Å². The predicted octanol–water partition coefficient (Wildman–Crippen LogP) is 2.59. The molecular formula is C12H12N2O. The number of hydrogen-bond donors (Lipinski definition) is 1. The summed E-state index contributed by atoms with van der Waals surface area (Å²) < 4.78 is 1.96. The van der Waals surface area contributed by atoms with E-state index in [0.29, 0.717) is 0 Å². The fourth-order valence-electron chi connectivity index (χ4n) is 1.50. The molecule has 2 rings (SSSR count). The van der Waals surface area contributed by atoms with Crippen molar-refractivity contribution in [2.75, 3.05) is 0 Å². The van der Waals surface area contributed by atoms with Gasteiger partial charge in [-0.25, -0.2) is 0 Å². The zero-order valence-electron chi connectivity index (χ0n) is 8.46. The molecule has 0 fully saturated rings. The molecule has 0 saturated heterocycles. The van der Waals surface area contributed by atoms with Crippen molar-refractivity contribution in [2.24, 2.45) is 5.16 Å². The largest absolute Gasteiger partial charge is 0.411 e. The number of aromatic nitrogens is 1. The minimum absolute atomic E-state index is 0.848. The summed E-state index contributed by atoms with van der Waals surface area (Å²) in [7, 11) is 0. The SMILES string of the molecule is Cc1ccc(-n2cccc2/C=N/O)cc1. The predicted molar refractivity (Wildman–Crippen MR) is 59.9 cm³/mol. The van der Waals surface area contributed by atoms with Gasteiger partial charge in [-0.1, -0.05) is 22.9 Å². The van der Waals surface area contributed by atoms with E-state index in [2.05, 4.69) is 24.2 Å². The molecule has 76 valence electrons. The van der Waals surface area contributed by atoms with Gasteiger partial charge in [0.05, 0.1) is 11.9 Å². The summed E-state index contributed by atoms with van der Waals surface area (Å²) in [5.74, 6) is 0. The Morgan fingerprint density at radius 1 is 1.20 bits per heavy atom. The summed E-state index contributed by atoms with van der Waals surface area (Å²) in [5, 5.41) is 11.5. The van der Waals surface area contributed by atoms with Crippen LogP contribution in [0.2, 0.25) is 0 Å². The number of benzene rings is 1. The third-order valence-electron chi connectivity index (χ3n) is 2.28. The third kappa shape index (κ3) is 1.91. The molecule has 0 radical (unpaired) electrons. The lowest BCUT2D eigenvalue weighted by Gasteiger charge is -2.05. The molecule has 0 atom stereocenters. The van der Waals surface area contributed by atoms with E-state index in [9.17, 15) is 0 Å². The first kappa shape index (κ1) is 9.52. The lowest BCUT2D eigenvalue weighted by Crippen LogP contribution is -1.97. The smallest absolute Gasteiger partial charge is 0.0901 e. The normalized spacial score (nSPS) is 11.0. The first-order valence-electron chi connectivity index (χ1n) is 4.73. The Kier molecular flexibility index (Phi) is 2.54. The van der Waals surface area contributed by atoms with Gasteiger partial charge in [0, 0.05) is 11.9 Å². The van der Waals surface area contributed by atoms with Crippen LogP contribution in [0.15, 0.2) is 47.8 Å². The second kappa shape index (κ2) is 4.00. The molecular weight excluding hydrogens is 188 g/mol. The molecule has 2 aromatic rings. The monoisotopic (exact) mass is 200 g/mol. The lowest BCUT2D eigenvalue weighted by molar-refractivity contribution is 0.321. The van der Waals surface area contributed by atoms with Gasteiger partial charge in [0.1, 0.15) is 0 Å².